The Morgan fingerprint density at radius 3 is 2.13 bits per heavy atom. The first-order valence-electron chi connectivity index (χ1n) is 9.15. The van der Waals surface area contributed by atoms with Gasteiger partial charge in [-0.2, -0.15) is 0 Å². The third-order valence-electron chi connectivity index (χ3n) is 4.89. The lowest BCUT2D eigenvalue weighted by atomic mass is 9.94. The summed E-state index contributed by atoms with van der Waals surface area (Å²) in [7, 11) is 2.77. The zero-order valence-electron chi connectivity index (χ0n) is 16.5. The van der Waals surface area contributed by atoms with Gasteiger partial charge in [-0.25, -0.2) is 4.79 Å². The quantitative estimate of drug-likeness (QED) is 0.323. The van der Waals surface area contributed by atoms with E-state index in [0.717, 1.165) is 0 Å². The third kappa shape index (κ3) is 3.77. The van der Waals surface area contributed by atoms with Crippen molar-refractivity contribution < 1.29 is 34.1 Å². The Hall–Kier alpha value is -3.65. The summed E-state index contributed by atoms with van der Waals surface area (Å²) in [6.07, 6.45) is 0. The first-order chi connectivity index (χ1) is 14.4. The molecule has 156 valence electrons. The van der Waals surface area contributed by atoms with Crippen LogP contribution >= 0.6 is 0 Å². The molecule has 30 heavy (non-hydrogen) atoms. The van der Waals surface area contributed by atoms with Gasteiger partial charge in [-0.1, -0.05) is 12.1 Å². The molecule has 1 aliphatic rings. The fourth-order valence-corrected chi connectivity index (χ4v) is 3.39. The molecule has 0 bridgehead atoms. The minimum absolute atomic E-state index is 0.0899. The first-order valence-corrected chi connectivity index (χ1v) is 9.15. The lowest BCUT2D eigenvalue weighted by molar-refractivity contribution is -0.140. The van der Waals surface area contributed by atoms with Crippen LogP contribution in [-0.2, 0) is 14.3 Å². The molecule has 1 unspecified atom stereocenters. The number of ketones is 1. The van der Waals surface area contributed by atoms with E-state index in [9.17, 15) is 24.6 Å². The zero-order valence-corrected chi connectivity index (χ0v) is 16.5. The number of benzene rings is 2. The maximum absolute atomic E-state index is 12.7. The van der Waals surface area contributed by atoms with Gasteiger partial charge < -0.3 is 24.6 Å². The second kappa shape index (κ2) is 8.79. The van der Waals surface area contributed by atoms with E-state index in [0.29, 0.717) is 22.4 Å². The normalized spacial score (nSPS) is 17.8. The molecule has 0 radical (unpaired) electrons. The molecular formula is C22H21NO7. The lowest BCUT2D eigenvalue weighted by Gasteiger charge is -2.24. The van der Waals surface area contributed by atoms with Gasteiger partial charge in [0.25, 0.3) is 11.7 Å². The average Bonchev–Trinajstić information content (AvgIpc) is 3.03. The zero-order chi connectivity index (χ0) is 21.8. The highest BCUT2D eigenvalue weighted by molar-refractivity contribution is 6.46. The Morgan fingerprint density at radius 2 is 1.60 bits per heavy atom. The van der Waals surface area contributed by atoms with Crippen LogP contribution in [0.25, 0.3) is 5.76 Å². The van der Waals surface area contributed by atoms with Crippen molar-refractivity contribution >= 4 is 23.4 Å². The largest absolute Gasteiger partial charge is 0.507 e. The molecule has 3 rings (SSSR count). The fraction of sp³-hybridized carbons (Fsp3) is 0.227. The van der Waals surface area contributed by atoms with Crippen molar-refractivity contribution in [3.63, 3.8) is 0 Å². The lowest BCUT2D eigenvalue weighted by Crippen LogP contribution is -2.32. The predicted molar refractivity (Wildman–Crippen MR) is 107 cm³/mol. The molecule has 2 aromatic rings. The van der Waals surface area contributed by atoms with Crippen LogP contribution in [0.1, 0.15) is 27.5 Å². The van der Waals surface area contributed by atoms with Crippen LogP contribution < -0.4 is 4.74 Å². The highest BCUT2D eigenvalue weighted by atomic mass is 16.5. The fourth-order valence-electron chi connectivity index (χ4n) is 3.39. The van der Waals surface area contributed by atoms with E-state index >= 15 is 0 Å². The average molecular weight is 411 g/mol. The minimum Gasteiger partial charge on any atom is -0.507 e. The van der Waals surface area contributed by atoms with Crippen LogP contribution in [0.5, 0.6) is 5.75 Å². The smallest absolute Gasteiger partial charge is 0.337 e. The van der Waals surface area contributed by atoms with Gasteiger partial charge in [-0.05, 0) is 42.0 Å². The van der Waals surface area contributed by atoms with Gasteiger partial charge in [-0.15, -0.1) is 0 Å². The van der Waals surface area contributed by atoms with Gasteiger partial charge in [0.1, 0.15) is 11.5 Å². The number of hydrogen-bond acceptors (Lipinski definition) is 7. The SMILES string of the molecule is COC(=O)c1ccc(C2C(=C(O)c3ccc(OC)cc3)C(=O)C(=O)N2CCO)cc1. The number of Topliss-reactive ketones (excluding diaryl/α,β-unsaturated/α-hetero) is 1. The molecule has 0 saturated carbocycles. The standard InChI is InChI=1S/C22H21NO7/c1-29-16-9-7-14(8-10-16)19(25)17-18(23(11-12-24)21(27)20(17)26)13-3-5-15(6-4-13)22(28)30-2/h3-10,18,24-25H,11-12H2,1-2H3. The summed E-state index contributed by atoms with van der Waals surface area (Å²) in [6, 6.07) is 11.7. The Labute approximate surface area is 173 Å². The van der Waals surface area contributed by atoms with Crippen LogP contribution in [0, 0.1) is 0 Å². The highest BCUT2D eigenvalue weighted by Gasteiger charge is 2.45. The number of β-amino-alcohol motifs (C(OH)–C–C–N with tert-alkyl or cyclic N) is 1. The van der Waals surface area contributed by atoms with Crippen molar-refractivity contribution in [1.29, 1.82) is 0 Å². The number of amides is 1. The Bertz CT molecular complexity index is 993. The molecule has 1 fully saturated rings. The molecular weight excluding hydrogens is 390 g/mol. The number of hydrogen-bond donors (Lipinski definition) is 2. The van der Waals surface area contributed by atoms with E-state index in [4.69, 9.17) is 4.74 Å². The van der Waals surface area contributed by atoms with Crippen LogP contribution in [0.3, 0.4) is 0 Å². The first kappa shape index (κ1) is 21.1. The molecule has 2 N–H and O–H groups in total. The number of nitrogens with zero attached hydrogens (tertiary/aromatic N) is 1. The molecule has 1 amide bonds. The molecule has 8 nitrogen and oxygen atoms in total. The summed E-state index contributed by atoms with van der Waals surface area (Å²) in [6.45, 7) is -0.445. The number of likely N-dealkylation sites (tertiary alicyclic amines) is 1. The molecule has 1 heterocycles. The number of rotatable bonds is 6. The van der Waals surface area contributed by atoms with Gasteiger partial charge in [-0.3, -0.25) is 9.59 Å². The van der Waals surface area contributed by atoms with Gasteiger partial charge in [0.05, 0.1) is 38.0 Å². The number of esters is 1. The van der Waals surface area contributed by atoms with Crippen LogP contribution in [0.2, 0.25) is 0 Å². The molecule has 8 heteroatoms. The van der Waals surface area contributed by atoms with Crippen LogP contribution in [-0.4, -0.2) is 60.1 Å². The Balaban J connectivity index is 2.11. The Kier molecular flexibility index (Phi) is 6.17. The van der Waals surface area contributed by atoms with Crippen molar-refractivity contribution in [2.75, 3.05) is 27.4 Å². The number of methoxy groups -OCH3 is 2. The van der Waals surface area contributed by atoms with E-state index in [1.165, 1.54) is 31.3 Å². The summed E-state index contributed by atoms with van der Waals surface area (Å²) in [5, 5.41) is 20.3. The van der Waals surface area contributed by atoms with E-state index in [1.807, 2.05) is 0 Å². The monoisotopic (exact) mass is 411 g/mol. The maximum Gasteiger partial charge on any atom is 0.337 e. The number of carbonyl (C=O) groups excluding carboxylic acids is 3. The highest BCUT2D eigenvalue weighted by Crippen LogP contribution is 2.39. The third-order valence-corrected chi connectivity index (χ3v) is 4.89. The van der Waals surface area contributed by atoms with Crippen LogP contribution in [0.4, 0.5) is 0 Å². The van der Waals surface area contributed by atoms with E-state index < -0.39 is 23.7 Å². The number of carbonyl (C=O) groups is 3. The summed E-state index contributed by atoms with van der Waals surface area (Å²) in [4.78, 5) is 38.2. The second-order valence-corrected chi connectivity index (χ2v) is 6.56. The van der Waals surface area contributed by atoms with E-state index in [1.54, 1.807) is 36.4 Å². The number of ether oxygens (including phenoxy) is 2. The molecule has 1 atom stereocenters. The number of aliphatic hydroxyl groups is 2. The Morgan fingerprint density at radius 1 is 1.00 bits per heavy atom. The van der Waals surface area contributed by atoms with E-state index in [2.05, 4.69) is 4.74 Å². The summed E-state index contributed by atoms with van der Waals surface area (Å²) in [5.74, 6) is -1.95. The molecule has 2 aromatic carbocycles. The summed E-state index contributed by atoms with van der Waals surface area (Å²) >= 11 is 0. The number of aliphatic hydroxyl groups excluding tert-OH is 2. The maximum atomic E-state index is 12.7. The van der Waals surface area contributed by atoms with E-state index in [-0.39, 0.29) is 24.5 Å². The summed E-state index contributed by atoms with van der Waals surface area (Å²) < 4.78 is 9.78. The van der Waals surface area contributed by atoms with Crippen molar-refractivity contribution in [2.24, 2.45) is 0 Å². The minimum atomic E-state index is -0.911. The van der Waals surface area contributed by atoms with Gasteiger partial charge in [0.15, 0.2) is 0 Å². The molecule has 1 saturated heterocycles. The van der Waals surface area contributed by atoms with Gasteiger partial charge >= 0.3 is 5.97 Å². The summed E-state index contributed by atoms with van der Waals surface area (Å²) in [5.41, 5.74) is 1.05. The van der Waals surface area contributed by atoms with Crippen molar-refractivity contribution in [2.45, 2.75) is 6.04 Å². The van der Waals surface area contributed by atoms with Gasteiger partial charge in [0, 0.05) is 12.1 Å². The van der Waals surface area contributed by atoms with Crippen molar-refractivity contribution in [3.8, 4) is 5.75 Å². The molecule has 0 aromatic heterocycles. The molecule has 0 aliphatic carbocycles. The topological polar surface area (TPSA) is 113 Å². The van der Waals surface area contributed by atoms with Gasteiger partial charge in [0.2, 0.25) is 0 Å². The molecule has 1 aliphatic heterocycles. The van der Waals surface area contributed by atoms with Crippen molar-refractivity contribution in [1.82, 2.24) is 4.90 Å². The predicted octanol–water partition coefficient (Wildman–Crippen LogP) is 1.90. The van der Waals surface area contributed by atoms with Crippen molar-refractivity contribution in [3.05, 3.63) is 70.8 Å². The van der Waals surface area contributed by atoms with Crippen LogP contribution in [0.15, 0.2) is 54.1 Å². The molecule has 0 spiro atoms. The second-order valence-electron chi connectivity index (χ2n) is 6.56.